The smallest absolute Gasteiger partial charge is 0.142 e. The summed E-state index contributed by atoms with van der Waals surface area (Å²) < 4.78 is 5.55. The number of fused-ring (bicyclic) bond motifs is 3. The van der Waals surface area contributed by atoms with E-state index in [0.717, 1.165) is 33.5 Å². The minimum absolute atomic E-state index is 0.188. The highest BCUT2D eigenvalue weighted by Crippen LogP contribution is 2.54. The molecule has 2 aromatic carbocycles. The van der Waals surface area contributed by atoms with Crippen molar-refractivity contribution in [2.24, 2.45) is 5.92 Å². The van der Waals surface area contributed by atoms with Crippen LogP contribution in [0.15, 0.2) is 48.6 Å². The maximum atomic E-state index is 6.51. The first-order chi connectivity index (χ1) is 11.2. The van der Waals surface area contributed by atoms with E-state index in [1.165, 1.54) is 5.56 Å². The summed E-state index contributed by atoms with van der Waals surface area (Å²) in [7, 11) is 1.69. The number of hydrogen-bond donors (Lipinski definition) is 1. The van der Waals surface area contributed by atoms with Crippen molar-refractivity contribution in [1.29, 1.82) is 0 Å². The average Bonchev–Trinajstić information content (AvgIpc) is 3.03. The lowest BCUT2D eigenvalue weighted by atomic mass is 9.77. The third-order valence-electron chi connectivity index (χ3n) is 4.86. The molecule has 118 valence electrons. The maximum absolute atomic E-state index is 6.51. The summed E-state index contributed by atoms with van der Waals surface area (Å²) in [5.74, 6) is 1.57. The Kier molecular flexibility index (Phi) is 3.74. The van der Waals surface area contributed by atoms with Crippen molar-refractivity contribution >= 4 is 28.9 Å². The summed E-state index contributed by atoms with van der Waals surface area (Å²) in [5.41, 5.74) is 3.34. The number of halogens is 2. The van der Waals surface area contributed by atoms with E-state index in [-0.39, 0.29) is 6.04 Å². The number of methoxy groups -OCH3 is 1. The molecular formula is C19H17Cl2NO. The molecule has 4 heteroatoms. The van der Waals surface area contributed by atoms with Crippen LogP contribution in [-0.4, -0.2) is 7.11 Å². The number of allylic oxidation sites excluding steroid dienone is 2. The van der Waals surface area contributed by atoms with Gasteiger partial charge in [0.25, 0.3) is 0 Å². The largest absolute Gasteiger partial charge is 0.495 e. The second-order valence-electron chi connectivity index (χ2n) is 6.07. The van der Waals surface area contributed by atoms with Gasteiger partial charge < -0.3 is 10.1 Å². The third-order valence-corrected chi connectivity index (χ3v) is 5.42. The van der Waals surface area contributed by atoms with E-state index in [4.69, 9.17) is 27.9 Å². The fraction of sp³-hybridized carbons (Fsp3) is 0.263. The normalized spacial score (nSPS) is 24.7. The van der Waals surface area contributed by atoms with Gasteiger partial charge in [-0.1, -0.05) is 47.5 Å². The van der Waals surface area contributed by atoms with Crippen molar-refractivity contribution in [3.05, 3.63) is 69.7 Å². The number of rotatable bonds is 2. The van der Waals surface area contributed by atoms with Crippen molar-refractivity contribution in [2.75, 3.05) is 12.4 Å². The van der Waals surface area contributed by atoms with Gasteiger partial charge in [0, 0.05) is 21.5 Å². The van der Waals surface area contributed by atoms with Crippen LogP contribution in [0.25, 0.3) is 0 Å². The third kappa shape index (κ3) is 2.41. The van der Waals surface area contributed by atoms with E-state index in [0.29, 0.717) is 11.8 Å². The topological polar surface area (TPSA) is 21.3 Å². The van der Waals surface area contributed by atoms with Crippen LogP contribution in [0.1, 0.15) is 29.5 Å². The van der Waals surface area contributed by atoms with Gasteiger partial charge in [-0.05, 0) is 42.2 Å². The van der Waals surface area contributed by atoms with Crippen molar-refractivity contribution in [2.45, 2.75) is 18.4 Å². The molecule has 0 unspecified atom stereocenters. The van der Waals surface area contributed by atoms with Gasteiger partial charge in [-0.3, -0.25) is 0 Å². The van der Waals surface area contributed by atoms with E-state index in [9.17, 15) is 0 Å². The molecule has 2 nitrogen and oxygen atoms in total. The van der Waals surface area contributed by atoms with Crippen LogP contribution >= 0.6 is 23.2 Å². The van der Waals surface area contributed by atoms with Crippen LogP contribution in [0, 0.1) is 5.92 Å². The summed E-state index contributed by atoms with van der Waals surface area (Å²) in [6.07, 6.45) is 5.55. The average molecular weight is 346 g/mol. The molecule has 0 bridgehead atoms. The molecule has 23 heavy (non-hydrogen) atoms. The first kappa shape index (κ1) is 14.9. The van der Waals surface area contributed by atoms with E-state index in [1.807, 2.05) is 30.3 Å². The Hall–Kier alpha value is -1.64. The van der Waals surface area contributed by atoms with Crippen molar-refractivity contribution in [3.8, 4) is 5.75 Å². The van der Waals surface area contributed by atoms with E-state index in [1.54, 1.807) is 7.11 Å². The molecule has 1 heterocycles. The Balaban J connectivity index is 1.86. The molecule has 1 aliphatic heterocycles. The van der Waals surface area contributed by atoms with Crippen LogP contribution in [0.5, 0.6) is 5.75 Å². The molecule has 0 spiro atoms. The number of ether oxygens (including phenoxy) is 1. The summed E-state index contributed by atoms with van der Waals surface area (Å²) in [5, 5.41) is 5.22. The SMILES string of the molecule is COc1ccc(Cl)c2c1N[C@H](c1cccc(Cl)c1)[C@H]1CC=C[C@@H]21. The molecule has 0 amide bonds. The highest BCUT2D eigenvalue weighted by atomic mass is 35.5. The van der Waals surface area contributed by atoms with Crippen molar-refractivity contribution in [3.63, 3.8) is 0 Å². The van der Waals surface area contributed by atoms with Crippen molar-refractivity contribution in [1.82, 2.24) is 0 Å². The van der Waals surface area contributed by atoms with Gasteiger partial charge in [0.05, 0.1) is 18.8 Å². The monoisotopic (exact) mass is 345 g/mol. The summed E-state index contributed by atoms with van der Waals surface area (Å²) >= 11 is 12.7. The van der Waals surface area contributed by atoms with Gasteiger partial charge in [-0.2, -0.15) is 0 Å². The summed E-state index contributed by atoms with van der Waals surface area (Å²) in [4.78, 5) is 0. The molecule has 4 rings (SSSR count). The Morgan fingerprint density at radius 3 is 2.83 bits per heavy atom. The standard InChI is InChI=1S/C19H17Cl2NO/c1-23-16-9-8-15(21)17-13-6-3-7-14(13)18(22-19(16)17)11-4-2-5-12(20)10-11/h2-6,8-10,13-14,18,22H,7H2,1H3/t13-,14+,18-/m1/s1. The van der Waals surface area contributed by atoms with Crippen LogP contribution in [-0.2, 0) is 0 Å². The van der Waals surface area contributed by atoms with E-state index < -0.39 is 0 Å². The van der Waals surface area contributed by atoms with Gasteiger partial charge in [0.15, 0.2) is 0 Å². The molecule has 0 saturated heterocycles. The zero-order valence-corrected chi connectivity index (χ0v) is 14.2. The molecular weight excluding hydrogens is 329 g/mol. The van der Waals surface area contributed by atoms with Crippen LogP contribution in [0.4, 0.5) is 5.69 Å². The highest BCUT2D eigenvalue weighted by molar-refractivity contribution is 6.32. The Morgan fingerprint density at radius 1 is 1.17 bits per heavy atom. The van der Waals surface area contributed by atoms with Gasteiger partial charge in [0.2, 0.25) is 0 Å². The van der Waals surface area contributed by atoms with Gasteiger partial charge in [-0.15, -0.1) is 0 Å². The number of anilines is 1. The fourth-order valence-electron chi connectivity index (χ4n) is 3.84. The van der Waals surface area contributed by atoms with Crippen LogP contribution < -0.4 is 10.1 Å². The minimum Gasteiger partial charge on any atom is -0.495 e. The lowest BCUT2D eigenvalue weighted by Crippen LogP contribution is -2.29. The summed E-state index contributed by atoms with van der Waals surface area (Å²) in [6.45, 7) is 0. The highest BCUT2D eigenvalue weighted by Gasteiger charge is 2.40. The zero-order valence-electron chi connectivity index (χ0n) is 12.7. The van der Waals surface area contributed by atoms with Gasteiger partial charge in [-0.25, -0.2) is 0 Å². The van der Waals surface area contributed by atoms with Crippen LogP contribution in [0.3, 0.4) is 0 Å². The van der Waals surface area contributed by atoms with Gasteiger partial charge >= 0.3 is 0 Å². The fourth-order valence-corrected chi connectivity index (χ4v) is 4.32. The number of benzene rings is 2. The van der Waals surface area contributed by atoms with E-state index >= 15 is 0 Å². The first-order valence-corrected chi connectivity index (χ1v) is 8.49. The predicted octanol–water partition coefficient (Wildman–Crippen LogP) is 5.83. The molecule has 0 radical (unpaired) electrons. The second-order valence-corrected chi connectivity index (χ2v) is 6.91. The molecule has 0 fully saturated rings. The van der Waals surface area contributed by atoms with Gasteiger partial charge in [0.1, 0.15) is 5.75 Å². The van der Waals surface area contributed by atoms with Crippen molar-refractivity contribution < 1.29 is 4.74 Å². The Labute approximate surface area is 146 Å². The predicted molar refractivity (Wildman–Crippen MR) is 95.8 cm³/mol. The molecule has 2 aliphatic rings. The Bertz CT molecular complexity index is 787. The minimum atomic E-state index is 0.188. The van der Waals surface area contributed by atoms with E-state index in [2.05, 4.69) is 23.5 Å². The number of nitrogens with one attached hydrogen (secondary N) is 1. The first-order valence-electron chi connectivity index (χ1n) is 7.74. The Morgan fingerprint density at radius 2 is 2.04 bits per heavy atom. The lowest BCUT2D eigenvalue weighted by Gasteiger charge is -2.38. The summed E-state index contributed by atoms with van der Waals surface area (Å²) in [6, 6.07) is 12.1. The molecule has 1 aliphatic carbocycles. The zero-order chi connectivity index (χ0) is 16.0. The lowest BCUT2D eigenvalue weighted by molar-refractivity contribution is 0.397. The molecule has 2 aromatic rings. The van der Waals surface area contributed by atoms with Crippen LogP contribution in [0.2, 0.25) is 10.0 Å². The quantitative estimate of drug-likeness (QED) is 0.691. The second kappa shape index (κ2) is 5.77. The molecule has 0 saturated carbocycles. The maximum Gasteiger partial charge on any atom is 0.142 e. The molecule has 3 atom stereocenters. The number of hydrogen-bond acceptors (Lipinski definition) is 2. The molecule has 0 aromatic heterocycles. The molecule has 1 N–H and O–H groups in total.